The summed E-state index contributed by atoms with van der Waals surface area (Å²) in [7, 11) is 0. The number of nitrogens with two attached hydrogens (primary N) is 1. The number of aromatic nitrogens is 2. The van der Waals surface area contributed by atoms with Crippen LogP contribution in [-0.2, 0) is 6.54 Å². The van der Waals surface area contributed by atoms with Crippen LogP contribution < -0.4 is 11.1 Å². The van der Waals surface area contributed by atoms with Crippen molar-refractivity contribution in [2.45, 2.75) is 6.54 Å². The molecule has 2 heterocycles. The molecule has 2 aromatic heterocycles. The van der Waals surface area contributed by atoms with Crippen LogP contribution in [0.3, 0.4) is 0 Å². The highest BCUT2D eigenvalue weighted by atomic mass is 32.1. The van der Waals surface area contributed by atoms with Crippen LogP contribution in [0.4, 0.5) is 5.69 Å². The van der Waals surface area contributed by atoms with Gasteiger partial charge in [0.2, 0.25) is 0 Å². The molecule has 0 bridgehead atoms. The molecule has 0 spiro atoms. The molecule has 1 amide bonds. The lowest BCUT2D eigenvalue weighted by Crippen LogP contribution is -2.23. The third-order valence-corrected chi connectivity index (χ3v) is 4.01. The molecule has 1 aromatic carbocycles. The lowest BCUT2D eigenvalue weighted by molar-refractivity contribution is 0.0956. The number of nitrogen functional groups attached to an aromatic ring is 1. The first-order chi connectivity index (χ1) is 10.3. The zero-order valence-electron chi connectivity index (χ0n) is 11.2. The van der Waals surface area contributed by atoms with E-state index in [9.17, 15) is 4.79 Å². The summed E-state index contributed by atoms with van der Waals surface area (Å²) in [5.41, 5.74) is 8.20. The SMILES string of the molecule is Nc1ccsc1C(=O)NCc1ccccc1-n1cccn1. The van der Waals surface area contributed by atoms with Crippen LogP contribution >= 0.6 is 11.3 Å². The second kappa shape index (κ2) is 5.80. The topological polar surface area (TPSA) is 72.9 Å². The lowest BCUT2D eigenvalue weighted by atomic mass is 10.1. The fourth-order valence-electron chi connectivity index (χ4n) is 2.05. The monoisotopic (exact) mass is 298 g/mol. The molecule has 0 aliphatic carbocycles. The zero-order valence-corrected chi connectivity index (χ0v) is 12.0. The molecule has 106 valence electrons. The predicted octanol–water partition coefficient (Wildman–Crippen LogP) is 2.45. The summed E-state index contributed by atoms with van der Waals surface area (Å²) in [6, 6.07) is 11.4. The van der Waals surface area contributed by atoms with Gasteiger partial charge in [-0.25, -0.2) is 4.68 Å². The van der Waals surface area contributed by atoms with Gasteiger partial charge in [0.25, 0.3) is 5.91 Å². The average Bonchev–Trinajstić information content (AvgIpc) is 3.16. The average molecular weight is 298 g/mol. The van der Waals surface area contributed by atoms with Crippen LogP contribution in [0.25, 0.3) is 5.69 Å². The Morgan fingerprint density at radius 1 is 1.29 bits per heavy atom. The van der Waals surface area contributed by atoms with Crippen LogP contribution in [0.2, 0.25) is 0 Å². The van der Waals surface area contributed by atoms with Gasteiger partial charge in [0, 0.05) is 18.9 Å². The maximum Gasteiger partial charge on any atom is 0.263 e. The number of para-hydroxylation sites is 1. The summed E-state index contributed by atoms with van der Waals surface area (Å²) in [5, 5.41) is 8.93. The molecule has 0 aliphatic heterocycles. The molecular formula is C15H14N4OS. The third-order valence-electron chi connectivity index (χ3n) is 3.08. The van der Waals surface area contributed by atoms with Gasteiger partial charge < -0.3 is 11.1 Å². The summed E-state index contributed by atoms with van der Waals surface area (Å²) in [5.74, 6) is -0.155. The van der Waals surface area contributed by atoms with Crippen molar-refractivity contribution in [2.24, 2.45) is 0 Å². The largest absolute Gasteiger partial charge is 0.397 e. The highest BCUT2D eigenvalue weighted by molar-refractivity contribution is 7.12. The van der Waals surface area contributed by atoms with Gasteiger partial charge in [-0.2, -0.15) is 5.10 Å². The standard InChI is InChI=1S/C15H14N4OS/c16-12-6-9-21-14(12)15(20)17-10-11-4-1-2-5-13(11)19-8-3-7-18-19/h1-9H,10,16H2,(H,17,20). The third kappa shape index (κ3) is 2.80. The van der Waals surface area contributed by atoms with Crippen LogP contribution in [0, 0.1) is 0 Å². The molecule has 3 rings (SSSR count). The minimum absolute atomic E-state index is 0.155. The number of nitrogens with one attached hydrogen (secondary N) is 1. The van der Waals surface area contributed by atoms with Gasteiger partial charge in [-0.05, 0) is 29.1 Å². The molecule has 3 aromatic rings. The number of nitrogens with zero attached hydrogens (tertiary/aromatic N) is 2. The fraction of sp³-hybridized carbons (Fsp3) is 0.0667. The van der Waals surface area contributed by atoms with E-state index >= 15 is 0 Å². The maximum atomic E-state index is 12.1. The number of amides is 1. The van der Waals surface area contributed by atoms with E-state index in [2.05, 4.69) is 10.4 Å². The molecule has 0 radical (unpaired) electrons. The van der Waals surface area contributed by atoms with E-state index in [4.69, 9.17) is 5.73 Å². The smallest absolute Gasteiger partial charge is 0.263 e. The second-order valence-electron chi connectivity index (χ2n) is 4.47. The fourth-order valence-corrected chi connectivity index (χ4v) is 2.79. The van der Waals surface area contributed by atoms with Crippen molar-refractivity contribution in [1.82, 2.24) is 15.1 Å². The van der Waals surface area contributed by atoms with Crippen LogP contribution in [0.15, 0.2) is 54.2 Å². The van der Waals surface area contributed by atoms with E-state index in [-0.39, 0.29) is 5.91 Å². The molecule has 0 atom stereocenters. The molecule has 6 heteroatoms. The Labute approximate surface area is 126 Å². The first-order valence-corrected chi connectivity index (χ1v) is 7.33. The van der Waals surface area contributed by atoms with Crippen LogP contribution in [0.5, 0.6) is 0 Å². The molecule has 0 aliphatic rings. The van der Waals surface area contributed by atoms with Crippen molar-refractivity contribution in [3.63, 3.8) is 0 Å². The Morgan fingerprint density at radius 2 is 2.14 bits per heavy atom. The first-order valence-electron chi connectivity index (χ1n) is 6.45. The highest BCUT2D eigenvalue weighted by Gasteiger charge is 2.12. The Balaban J connectivity index is 1.77. The van der Waals surface area contributed by atoms with Crippen molar-refractivity contribution in [3.8, 4) is 5.69 Å². The number of hydrogen-bond donors (Lipinski definition) is 2. The van der Waals surface area contributed by atoms with E-state index in [1.165, 1.54) is 11.3 Å². The molecule has 5 nitrogen and oxygen atoms in total. The van der Waals surface area contributed by atoms with Crippen LogP contribution in [-0.4, -0.2) is 15.7 Å². The molecule has 0 saturated carbocycles. The van der Waals surface area contributed by atoms with Crippen molar-refractivity contribution >= 4 is 22.9 Å². The second-order valence-corrected chi connectivity index (χ2v) is 5.38. The molecule has 0 fully saturated rings. The molecule has 0 unspecified atom stereocenters. The van der Waals surface area contributed by atoms with E-state index in [0.717, 1.165) is 11.3 Å². The summed E-state index contributed by atoms with van der Waals surface area (Å²) in [6.45, 7) is 0.423. The number of anilines is 1. The minimum atomic E-state index is -0.155. The number of carbonyl (C=O) groups is 1. The number of rotatable bonds is 4. The lowest BCUT2D eigenvalue weighted by Gasteiger charge is -2.10. The summed E-state index contributed by atoms with van der Waals surface area (Å²) < 4.78 is 1.78. The Kier molecular flexibility index (Phi) is 3.70. The van der Waals surface area contributed by atoms with Gasteiger partial charge in [0.15, 0.2) is 0 Å². The summed E-state index contributed by atoms with van der Waals surface area (Å²) >= 11 is 1.34. The van der Waals surface area contributed by atoms with E-state index < -0.39 is 0 Å². The molecule has 21 heavy (non-hydrogen) atoms. The molecule has 0 saturated heterocycles. The number of carbonyl (C=O) groups excluding carboxylic acids is 1. The maximum absolute atomic E-state index is 12.1. The van der Waals surface area contributed by atoms with Gasteiger partial charge in [-0.15, -0.1) is 11.3 Å². The number of thiophene rings is 1. The van der Waals surface area contributed by atoms with Crippen molar-refractivity contribution in [2.75, 3.05) is 5.73 Å². The molecule has 3 N–H and O–H groups in total. The van der Waals surface area contributed by atoms with Gasteiger partial charge in [0.1, 0.15) is 4.88 Å². The summed E-state index contributed by atoms with van der Waals surface area (Å²) in [4.78, 5) is 12.6. The van der Waals surface area contributed by atoms with Gasteiger partial charge in [0.05, 0.1) is 11.4 Å². The number of hydrogen-bond acceptors (Lipinski definition) is 4. The minimum Gasteiger partial charge on any atom is -0.397 e. The zero-order chi connectivity index (χ0) is 14.7. The normalized spacial score (nSPS) is 10.5. The quantitative estimate of drug-likeness (QED) is 0.777. The van der Waals surface area contributed by atoms with Crippen LogP contribution in [0.1, 0.15) is 15.2 Å². The van der Waals surface area contributed by atoms with Crippen molar-refractivity contribution in [1.29, 1.82) is 0 Å². The van der Waals surface area contributed by atoms with Gasteiger partial charge in [-0.3, -0.25) is 4.79 Å². The van der Waals surface area contributed by atoms with Crippen molar-refractivity contribution in [3.05, 3.63) is 64.6 Å². The Hall–Kier alpha value is -2.60. The van der Waals surface area contributed by atoms with E-state index in [1.807, 2.05) is 41.9 Å². The van der Waals surface area contributed by atoms with Gasteiger partial charge >= 0.3 is 0 Å². The highest BCUT2D eigenvalue weighted by Crippen LogP contribution is 2.19. The predicted molar refractivity (Wildman–Crippen MR) is 83.5 cm³/mol. The first kappa shape index (κ1) is 13.4. The molecular weight excluding hydrogens is 284 g/mol. The number of benzene rings is 1. The van der Waals surface area contributed by atoms with Crippen molar-refractivity contribution < 1.29 is 4.79 Å². The Bertz CT molecular complexity index is 749. The van der Waals surface area contributed by atoms with Gasteiger partial charge in [-0.1, -0.05) is 18.2 Å². The van der Waals surface area contributed by atoms with E-state index in [1.54, 1.807) is 16.9 Å². The summed E-state index contributed by atoms with van der Waals surface area (Å²) in [6.07, 6.45) is 3.60. The Morgan fingerprint density at radius 3 is 2.86 bits per heavy atom. The van der Waals surface area contributed by atoms with E-state index in [0.29, 0.717) is 17.1 Å².